The van der Waals surface area contributed by atoms with Crippen molar-refractivity contribution < 1.29 is 0 Å². The normalized spacial score (nSPS) is 11.4. The number of hydrogen-bond acceptors (Lipinski definition) is 3. The van der Waals surface area contributed by atoms with Gasteiger partial charge < -0.3 is 5.32 Å². The number of thiazole rings is 1. The van der Waals surface area contributed by atoms with Crippen molar-refractivity contribution in [1.82, 2.24) is 10.3 Å². The Bertz CT molecular complexity index is 420. The van der Waals surface area contributed by atoms with Gasteiger partial charge in [0.2, 0.25) is 0 Å². The molecule has 74 valence electrons. The first-order chi connectivity index (χ1) is 6.75. The van der Waals surface area contributed by atoms with Crippen LogP contribution in [0.15, 0.2) is 23.7 Å². The van der Waals surface area contributed by atoms with Gasteiger partial charge in [-0.1, -0.05) is 19.9 Å². The lowest BCUT2D eigenvalue weighted by Crippen LogP contribution is -2.21. The van der Waals surface area contributed by atoms with Gasteiger partial charge >= 0.3 is 0 Å². The molecule has 0 bridgehead atoms. The molecule has 0 aliphatic heterocycles. The monoisotopic (exact) mass is 206 g/mol. The van der Waals surface area contributed by atoms with Crippen LogP contribution in [0.3, 0.4) is 0 Å². The molecule has 2 aromatic rings. The van der Waals surface area contributed by atoms with Crippen LogP contribution in [0.1, 0.15) is 19.4 Å². The van der Waals surface area contributed by atoms with Gasteiger partial charge in [-0.3, -0.25) is 0 Å². The first-order valence-electron chi connectivity index (χ1n) is 4.81. The van der Waals surface area contributed by atoms with E-state index < -0.39 is 0 Å². The summed E-state index contributed by atoms with van der Waals surface area (Å²) in [6.07, 6.45) is 0. The lowest BCUT2D eigenvalue weighted by Gasteiger charge is -2.07. The van der Waals surface area contributed by atoms with E-state index in [1.165, 1.54) is 10.3 Å². The molecule has 2 rings (SSSR count). The van der Waals surface area contributed by atoms with Crippen LogP contribution < -0.4 is 5.32 Å². The first kappa shape index (κ1) is 9.62. The number of hydrogen-bond donors (Lipinski definition) is 1. The van der Waals surface area contributed by atoms with Gasteiger partial charge in [0.25, 0.3) is 0 Å². The summed E-state index contributed by atoms with van der Waals surface area (Å²) in [5.74, 6) is 0. The number of nitrogens with zero attached hydrogens (tertiary/aromatic N) is 1. The highest BCUT2D eigenvalue weighted by Crippen LogP contribution is 2.18. The van der Waals surface area contributed by atoms with Crippen LogP contribution >= 0.6 is 11.3 Å². The number of nitrogens with one attached hydrogen (secondary N) is 1. The van der Waals surface area contributed by atoms with Gasteiger partial charge in [0, 0.05) is 12.6 Å². The lowest BCUT2D eigenvalue weighted by atomic mass is 10.2. The van der Waals surface area contributed by atoms with E-state index in [0.29, 0.717) is 6.04 Å². The molecule has 1 aromatic heterocycles. The predicted molar refractivity (Wildman–Crippen MR) is 61.6 cm³/mol. The molecule has 3 heteroatoms. The Hall–Kier alpha value is -0.930. The molecule has 0 saturated carbocycles. The van der Waals surface area contributed by atoms with Crippen LogP contribution in [-0.4, -0.2) is 11.0 Å². The van der Waals surface area contributed by atoms with E-state index >= 15 is 0 Å². The standard InChI is InChI=1S/C11H14N2S/c1-8(2)12-6-9-3-4-10-11(5-9)14-7-13-10/h3-5,7-8,12H,6H2,1-2H3. The minimum atomic E-state index is 0.534. The Labute approximate surface area is 88.0 Å². The van der Waals surface area contributed by atoms with Gasteiger partial charge in [0.05, 0.1) is 15.7 Å². The lowest BCUT2D eigenvalue weighted by molar-refractivity contribution is 0.589. The molecule has 0 radical (unpaired) electrons. The van der Waals surface area contributed by atoms with Crippen LogP contribution in [0.2, 0.25) is 0 Å². The van der Waals surface area contributed by atoms with Crippen LogP contribution in [0, 0.1) is 0 Å². The quantitative estimate of drug-likeness (QED) is 0.835. The van der Waals surface area contributed by atoms with Gasteiger partial charge in [-0.25, -0.2) is 4.98 Å². The molecule has 0 saturated heterocycles. The van der Waals surface area contributed by atoms with Crippen LogP contribution in [-0.2, 0) is 6.54 Å². The van der Waals surface area contributed by atoms with Crippen molar-refractivity contribution in [2.24, 2.45) is 0 Å². The predicted octanol–water partition coefficient (Wildman–Crippen LogP) is 2.79. The molecule has 0 aliphatic carbocycles. The van der Waals surface area contributed by atoms with Gasteiger partial charge in [0.1, 0.15) is 0 Å². The average Bonchev–Trinajstić information content (AvgIpc) is 2.61. The van der Waals surface area contributed by atoms with Crippen LogP contribution in [0.4, 0.5) is 0 Å². The second kappa shape index (κ2) is 4.07. The fourth-order valence-corrected chi connectivity index (χ4v) is 2.07. The van der Waals surface area contributed by atoms with Gasteiger partial charge in [-0.15, -0.1) is 11.3 Å². The molecule has 1 heterocycles. The first-order valence-corrected chi connectivity index (χ1v) is 5.69. The van der Waals surface area contributed by atoms with E-state index in [4.69, 9.17) is 0 Å². The molecule has 0 fully saturated rings. The van der Waals surface area contributed by atoms with E-state index in [1.54, 1.807) is 11.3 Å². The molecule has 0 aliphatic rings. The Kier molecular flexibility index (Phi) is 2.79. The summed E-state index contributed by atoms with van der Waals surface area (Å²) in [5, 5.41) is 3.40. The Balaban J connectivity index is 2.17. The summed E-state index contributed by atoms with van der Waals surface area (Å²) >= 11 is 1.70. The molecule has 2 nitrogen and oxygen atoms in total. The summed E-state index contributed by atoms with van der Waals surface area (Å²) in [5.41, 5.74) is 4.32. The van der Waals surface area contributed by atoms with E-state index in [0.717, 1.165) is 12.1 Å². The van der Waals surface area contributed by atoms with Crippen molar-refractivity contribution in [2.45, 2.75) is 26.4 Å². The number of rotatable bonds is 3. The third-order valence-electron chi connectivity index (χ3n) is 2.11. The summed E-state index contributed by atoms with van der Waals surface area (Å²) in [4.78, 5) is 4.25. The molecule has 14 heavy (non-hydrogen) atoms. The van der Waals surface area contributed by atoms with E-state index in [1.807, 2.05) is 5.51 Å². The van der Waals surface area contributed by atoms with Crippen molar-refractivity contribution in [3.05, 3.63) is 29.3 Å². The zero-order chi connectivity index (χ0) is 9.97. The SMILES string of the molecule is CC(C)NCc1ccc2ncsc2c1. The van der Waals surface area contributed by atoms with E-state index in [-0.39, 0.29) is 0 Å². The molecule has 1 aromatic carbocycles. The number of benzene rings is 1. The highest BCUT2D eigenvalue weighted by Gasteiger charge is 1.99. The summed E-state index contributed by atoms with van der Waals surface area (Å²) < 4.78 is 1.27. The van der Waals surface area contributed by atoms with Crippen molar-refractivity contribution >= 4 is 21.6 Å². The van der Waals surface area contributed by atoms with Crippen LogP contribution in [0.25, 0.3) is 10.2 Å². The molecular formula is C11H14N2S. The van der Waals surface area contributed by atoms with Crippen LogP contribution in [0.5, 0.6) is 0 Å². The third-order valence-corrected chi connectivity index (χ3v) is 2.90. The molecule has 0 spiro atoms. The van der Waals surface area contributed by atoms with E-state index in [2.05, 4.69) is 42.3 Å². The second-order valence-electron chi connectivity index (χ2n) is 3.69. The minimum absolute atomic E-state index is 0.534. The Morgan fingerprint density at radius 1 is 1.43 bits per heavy atom. The van der Waals surface area contributed by atoms with Gasteiger partial charge in [-0.05, 0) is 17.7 Å². The smallest absolute Gasteiger partial charge is 0.0812 e. The average molecular weight is 206 g/mol. The van der Waals surface area contributed by atoms with Crippen molar-refractivity contribution in [2.75, 3.05) is 0 Å². The molecule has 0 unspecified atom stereocenters. The summed E-state index contributed by atoms with van der Waals surface area (Å²) in [6, 6.07) is 6.97. The Morgan fingerprint density at radius 2 is 2.29 bits per heavy atom. The minimum Gasteiger partial charge on any atom is -0.310 e. The molecule has 0 atom stereocenters. The highest BCUT2D eigenvalue weighted by molar-refractivity contribution is 7.16. The zero-order valence-electron chi connectivity index (χ0n) is 8.45. The van der Waals surface area contributed by atoms with Gasteiger partial charge in [0.15, 0.2) is 0 Å². The maximum atomic E-state index is 4.25. The number of fused-ring (bicyclic) bond motifs is 1. The van der Waals surface area contributed by atoms with Gasteiger partial charge in [-0.2, -0.15) is 0 Å². The third kappa shape index (κ3) is 2.11. The summed E-state index contributed by atoms with van der Waals surface area (Å²) in [6.45, 7) is 5.25. The molecular weight excluding hydrogens is 192 g/mol. The highest BCUT2D eigenvalue weighted by atomic mass is 32.1. The molecule has 1 N–H and O–H groups in total. The maximum absolute atomic E-state index is 4.25. The van der Waals surface area contributed by atoms with Crippen molar-refractivity contribution in [3.8, 4) is 0 Å². The largest absolute Gasteiger partial charge is 0.310 e. The number of aromatic nitrogens is 1. The molecule has 0 amide bonds. The fourth-order valence-electron chi connectivity index (χ4n) is 1.33. The zero-order valence-corrected chi connectivity index (χ0v) is 9.27. The second-order valence-corrected chi connectivity index (χ2v) is 4.58. The van der Waals surface area contributed by atoms with Crippen molar-refractivity contribution in [1.29, 1.82) is 0 Å². The maximum Gasteiger partial charge on any atom is 0.0812 e. The summed E-state index contributed by atoms with van der Waals surface area (Å²) in [7, 11) is 0. The topological polar surface area (TPSA) is 24.9 Å². The fraction of sp³-hybridized carbons (Fsp3) is 0.364. The van der Waals surface area contributed by atoms with E-state index in [9.17, 15) is 0 Å². The van der Waals surface area contributed by atoms with Crippen molar-refractivity contribution in [3.63, 3.8) is 0 Å². The Morgan fingerprint density at radius 3 is 3.07 bits per heavy atom.